The van der Waals surface area contributed by atoms with E-state index in [1.807, 2.05) is 0 Å². The van der Waals surface area contributed by atoms with Crippen molar-refractivity contribution in [2.75, 3.05) is 0 Å². The van der Waals surface area contributed by atoms with Crippen LogP contribution in [0, 0.1) is 0 Å². The fourth-order valence-electron chi connectivity index (χ4n) is 0. The molecule has 0 fully saturated rings. The average molecular weight is 190 g/mol. The van der Waals surface area contributed by atoms with Crippen LogP contribution in [0.3, 0.4) is 0 Å². The second-order valence-electron chi connectivity index (χ2n) is 0.378. The van der Waals surface area contributed by atoms with E-state index in [1.54, 1.807) is 0 Å². The quantitative estimate of drug-likeness (QED) is 0.421. The molecule has 0 amide bonds. The molecule has 0 spiro atoms. The van der Waals surface area contributed by atoms with Gasteiger partial charge in [-0.15, -0.1) is 0 Å². The first kappa shape index (κ1) is 16.1. The predicted molar refractivity (Wildman–Crippen MR) is 33.1 cm³/mol. The van der Waals surface area contributed by atoms with Crippen molar-refractivity contribution >= 4 is 81.0 Å². The zero-order valence-electron chi connectivity index (χ0n) is 2.98. The third-order valence-electron chi connectivity index (χ3n) is 0. The molecule has 0 aliphatic heterocycles. The molecule has 0 atom stereocenters. The molecule has 41 valence electrons. The maximum Gasteiger partial charge on any atom is 0.317 e. The Hall–Kier alpha value is 2.17. The second kappa shape index (κ2) is 6.29. The first-order chi connectivity index (χ1) is 2.00. The van der Waals surface area contributed by atoms with Crippen LogP contribution < -0.4 is 0 Å². The Bertz CT molecular complexity index is 98.9. The molecule has 0 aromatic rings. The second-order valence-corrected chi connectivity index (χ2v) is 4.05. The van der Waals surface area contributed by atoms with E-state index in [1.165, 1.54) is 0 Å². The molecular weight excluding hydrogens is 186 g/mol. The normalized spacial score (nSPS) is 8.29. The minimum Gasteiger partial charge on any atom is -0.195 e. The molecule has 0 aromatic carbocycles. The minimum absolute atomic E-state index is 0. The molecule has 0 aliphatic rings. The van der Waals surface area contributed by atoms with Crippen molar-refractivity contribution in [1.82, 2.24) is 0 Å². The molecule has 2 nitrogen and oxygen atoms in total. The number of hydrogen-bond acceptors (Lipinski definition) is 2. The van der Waals surface area contributed by atoms with E-state index < -0.39 is 8.26 Å². The van der Waals surface area contributed by atoms with Crippen LogP contribution in [-0.2, 0) is 8.26 Å². The summed E-state index contributed by atoms with van der Waals surface area (Å²) in [4.78, 5) is 0. The van der Waals surface area contributed by atoms with Crippen LogP contribution >= 0.6 is 21.4 Å². The van der Waals surface area contributed by atoms with E-state index in [0.29, 0.717) is 0 Å². The van der Waals surface area contributed by atoms with E-state index in [0.717, 1.165) is 0 Å². The Morgan fingerprint density at radius 3 is 1.14 bits per heavy atom. The van der Waals surface area contributed by atoms with Gasteiger partial charge in [-0.2, -0.15) is 8.42 Å². The summed E-state index contributed by atoms with van der Waals surface area (Å²) in [5, 5.41) is 0. The van der Waals surface area contributed by atoms with Crippen LogP contribution in [0.4, 0.5) is 0 Å². The molecule has 0 heterocycles. The molecule has 1 radical (unpaired) electrons. The molecule has 0 bridgehead atoms. The third-order valence-corrected chi connectivity index (χ3v) is 0. The molecule has 0 rings (SSSR count). The summed E-state index contributed by atoms with van der Waals surface area (Å²) >= 11 is 0. The molecular formula is CH4Cl2KO2S. The van der Waals surface area contributed by atoms with Crippen molar-refractivity contribution < 1.29 is 8.42 Å². The van der Waals surface area contributed by atoms with Gasteiger partial charge in [0.25, 0.3) is 0 Å². The van der Waals surface area contributed by atoms with Crippen molar-refractivity contribution in [2.45, 2.75) is 7.43 Å². The maximum absolute atomic E-state index is 9.16. The van der Waals surface area contributed by atoms with Gasteiger partial charge in [-0.3, -0.25) is 0 Å². The zero-order valence-corrected chi connectivity index (χ0v) is 8.43. The molecule has 0 N–H and O–H groups in total. The standard InChI is InChI=1S/CH4.Cl2O2S.K/c;1-5(2,3)4;/h1H4;;. The van der Waals surface area contributed by atoms with E-state index in [-0.39, 0.29) is 58.8 Å². The first-order valence-corrected chi connectivity index (χ1v) is 3.78. The van der Waals surface area contributed by atoms with Gasteiger partial charge in [0.1, 0.15) is 0 Å². The van der Waals surface area contributed by atoms with Crippen LogP contribution in [0.2, 0.25) is 0 Å². The fourth-order valence-corrected chi connectivity index (χ4v) is 0. The van der Waals surface area contributed by atoms with Crippen molar-refractivity contribution in [2.24, 2.45) is 0 Å². The molecule has 0 aromatic heterocycles. The van der Waals surface area contributed by atoms with E-state index in [9.17, 15) is 0 Å². The fraction of sp³-hybridized carbons (Fsp3) is 1.00. The summed E-state index contributed by atoms with van der Waals surface area (Å²) in [5.41, 5.74) is 0. The largest absolute Gasteiger partial charge is 0.317 e. The smallest absolute Gasteiger partial charge is 0.195 e. The summed E-state index contributed by atoms with van der Waals surface area (Å²) in [6.45, 7) is 0. The van der Waals surface area contributed by atoms with Crippen molar-refractivity contribution in [3.63, 3.8) is 0 Å². The van der Waals surface area contributed by atoms with E-state index >= 15 is 0 Å². The van der Waals surface area contributed by atoms with Crippen LogP contribution in [0.5, 0.6) is 0 Å². The monoisotopic (exact) mass is 189 g/mol. The van der Waals surface area contributed by atoms with Gasteiger partial charge in [0, 0.05) is 72.7 Å². The van der Waals surface area contributed by atoms with Crippen LogP contribution in [0.1, 0.15) is 7.43 Å². The number of rotatable bonds is 0. The topological polar surface area (TPSA) is 34.1 Å². The molecule has 0 saturated carbocycles. The van der Waals surface area contributed by atoms with Crippen molar-refractivity contribution in [3.05, 3.63) is 0 Å². The first-order valence-electron chi connectivity index (χ1n) is 0.642. The van der Waals surface area contributed by atoms with Gasteiger partial charge < -0.3 is 0 Å². The van der Waals surface area contributed by atoms with Crippen molar-refractivity contribution in [3.8, 4) is 0 Å². The Morgan fingerprint density at radius 1 is 1.14 bits per heavy atom. The molecule has 6 heteroatoms. The maximum atomic E-state index is 9.16. The van der Waals surface area contributed by atoms with Crippen LogP contribution in [-0.4, -0.2) is 59.8 Å². The van der Waals surface area contributed by atoms with Crippen molar-refractivity contribution in [1.29, 1.82) is 0 Å². The van der Waals surface area contributed by atoms with E-state index in [4.69, 9.17) is 8.42 Å². The molecule has 0 unspecified atom stereocenters. The summed E-state index contributed by atoms with van der Waals surface area (Å²) in [6, 6.07) is 0. The van der Waals surface area contributed by atoms with E-state index in [2.05, 4.69) is 21.4 Å². The van der Waals surface area contributed by atoms with Gasteiger partial charge in [0.15, 0.2) is 0 Å². The number of hydrogen-bond donors (Lipinski definition) is 0. The Labute approximate surface area is 94.9 Å². The predicted octanol–water partition coefficient (Wildman–Crippen LogP) is 0.964. The van der Waals surface area contributed by atoms with Gasteiger partial charge in [0.2, 0.25) is 0 Å². The summed E-state index contributed by atoms with van der Waals surface area (Å²) in [6.07, 6.45) is 0. The van der Waals surface area contributed by atoms with Gasteiger partial charge in [-0.1, -0.05) is 7.43 Å². The van der Waals surface area contributed by atoms with Crippen LogP contribution in [0.25, 0.3) is 0 Å². The zero-order chi connectivity index (χ0) is 4.50. The molecule has 0 saturated heterocycles. The Balaban J connectivity index is -0.0000000800. The third kappa shape index (κ3) is 66.2. The van der Waals surface area contributed by atoms with Gasteiger partial charge in [0.05, 0.1) is 0 Å². The molecule has 0 aliphatic carbocycles. The minimum atomic E-state index is -3.72. The Kier molecular flexibility index (Phi) is 14.4. The van der Waals surface area contributed by atoms with Gasteiger partial charge >= 0.3 is 8.26 Å². The van der Waals surface area contributed by atoms with Gasteiger partial charge in [-0.25, -0.2) is 0 Å². The summed E-state index contributed by atoms with van der Waals surface area (Å²) < 4.78 is 18.3. The SMILES string of the molecule is C.O=S(=O)(Cl)Cl.[K]. The average Bonchev–Trinajstić information content (AvgIpc) is 0.722. The Morgan fingerprint density at radius 2 is 1.14 bits per heavy atom. The number of halogens is 2. The summed E-state index contributed by atoms with van der Waals surface area (Å²) in [5.74, 6) is 0. The van der Waals surface area contributed by atoms with Crippen LogP contribution in [0.15, 0.2) is 0 Å². The summed E-state index contributed by atoms with van der Waals surface area (Å²) in [7, 11) is 4.81. The van der Waals surface area contributed by atoms with Gasteiger partial charge in [-0.05, 0) is 0 Å². The molecule has 7 heavy (non-hydrogen) atoms.